The van der Waals surface area contributed by atoms with Gasteiger partial charge in [-0.25, -0.2) is 0 Å². The van der Waals surface area contributed by atoms with Gasteiger partial charge in [0.1, 0.15) is 0 Å². The first-order valence-electron chi connectivity index (χ1n) is 6.11. The molecule has 2 aromatic carbocycles. The maximum atomic E-state index is 12.6. The number of aromatic amines is 1. The maximum Gasteiger partial charge on any atom is 0.196 e. The van der Waals surface area contributed by atoms with E-state index < -0.39 is 0 Å². The number of nitrogens with one attached hydrogen (secondary N) is 1. The van der Waals surface area contributed by atoms with E-state index in [0.717, 1.165) is 10.9 Å². The summed E-state index contributed by atoms with van der Waals surface area (Å²) in [5.74, 6) is -0.210. The number of nitriles is 1. The Balaban J connectivity index is 2.14. The lowest BCUT2D eigenvalue weighted by Gasteiger charge is -2.03. The van der Waals surface area contributed by atoms with E-state index in [-0.39, 0.29) is 5.78 Å². The van der Waals surface area contributed by atoms with Gasteiger partial charge in [-0.3, -0.25) is 4.79 Å². The molecule has 0 radical (unpaired) electrons. The number of fused-ring (bicyclic) bond motifs is 1. The fourth-order valence-electron chi connectivity index (χ4n) is 2.20. The summed E-state index contributed by atoms with van der Waals surface area (Å²) in [4.78, 5) is 15.6. The van der Waals surface area contributed by atoms with Crippen LogP contribution in [0.5, 0.6) is 0 Å². The van der Waals surface area contributed by atoms with Gasteiger partial charge >= 0.3 is 0 Å². The number of rotatable bonds is 2. The second kappa shape index (κ2) is 5.25. The zero-order valence-electron chi connectivity index (χ0n) is 10.7. The molecule has 3 rings (SSSR count). The van der Waals surface area contributed by atoms with Crippen molar-refractivity contribution in [2.75, 3.05) is 0 Å². The Kier molecular flexibility index (Phi) is 3.42. The molecular formula is C16H8Cl2N2O. The van der Waals surface area contributed by atoms with Crippen LogP contribution in [-0.2, 0) is 0 Å². The second-order valence-corrected chi connectivity index (χ2v) is 5.37. The fraction of sp³-hybridized carbons (Fsp3) is 0. The van der Waals surface area contributed by atoms with Gasteiger partial charge in [0.15, 0.2) is 5.78 Å². The van der Waals surface area contributed by atoms with Gasteiger partial charge in [-0.2, -0.15) is 5.26 Å². The highest BCUT2D eigenvalue weighted by atomic mass is 35.5. The third-order valence-corrected chi connectivity index (χ3v) is 3.79. The molecule has 0 saturated heterocycles. The summed E-state index contributed by atoms with van der Waals surface area (Å²) in [6.45, 7) is 0. The predicted molar refractivity (Wildman–Crippen MR) is 82.9 cm³/mol. The lowest BCUT2D eigenvalue weighted by atomic mass is 10.0. The summed E-state index contributed by atoms with van der Waals surface area (Å²) < 4.78 is 0. The molecule has 1 heterocycles. The van der Waals surface area contributed by atoms with E-state index in [4.69, 9.17) is 28.5 Å². The van der Waals surface area contributed by atoms with Crippen LogP contribution >= 0.6 is 23.2 Å². The van der Waals surface area contributed by atoms with Gasteiger partial charge in [-0.1, -0.05) is 29.3 Å². The van der Waals surface area contributed by atoms with Crippen molar-refractivity contribution in [1.29, 1.82) is 5.26 Å². The molecule has 102 valence electrons. The van der Waals surface area contributed by atoms with Crippen LogP contribution in [-0.4, -0.2) is 10.8 Å². The number of halogens is 2. The first-order chi connectivity index (χ1) is 10.1. The summed E-state index contributed by atoms with van der Waals surface area (Å²) in [5, 5.41) is 10.4. The van der Waals surface area contributed by atoms with Crippen LogP contribution in [0.3, 0.4) is 0 Å². The molecule has 0 fully saturated rings. The molecule has 0 spiro atoms. The minimum Gasteiger partial charge on any atom is -0.360 e. The van der Waals surface area contributed by atoms with Crippen molar-refractivity contribution in [3.63, 3.8) is 0 Å². The van der Waals surface area contributed by atoms with Crippen LogP contribution in [0.25, 0.3) is 10.9 Å². The van der Waals surface area contributed by atoms with Crippen molar-refractivity contribution >= 4 is 39.9 Å². The Labute approximate surface area is 130 Å². The summed E-state index contributed by atoms with van der Waals surface area (Å²) in [6.07, 6.45) is 1.62. The van der Waals surface area contributed by atoms with Gasteiger partial charge in [-0.15, -0.1) is 0 Å². The molecule has 0 aliphatic heterocycles. The summed E-state index contributed by atoms with van der Waals surface area (Å²) >= 11 is 12.0. The third-order valence-electron chi connectivity index (χ3n) is 3.23. The number of hydrogen-bond donors (Lipinski definition) is 1. The molecule has 0 bridgehead atoms. The fourth-order valence-corrected chi connectivity index (χ4v) is 2.58. The molecule has 0 unspecified atom stereocenters. The summed E-state index contributed by atoms with van der Waals surface area (Å²) in [5.41, 5.74) is 2.12. The number of nitrogens with zero attached hydrogens (tertiary/aromatic N) is 1. The third kappa shape index (κ3) is 2.40. The van der Waals surface area contributed by atoms with E-state index in [0.29, 0.717) is 26.7 Å². The van der Waals surface area contributed by atoms with Crippen LogP contribution < -0.4 is 0 Å². The second-order valence-electron chi connectivity index (χ2n) is 4.53. The lowest BCUT2D eigenvalue weighted by molar-refractivity contribution is 0.104. The highest BCUT2D eigenvalue weighted by Gasteiger charge is 2.17. The minimum absolute atomic E-state index is 0.210. The van der Waals surface area contributed by atoms with Gasteiger partial charge < -0.3 is 4.98 Å². The number of aromatic nitrogens is 1. The van der Waals surface area contributed by atoms with E-state index in [9.17, 15) is 4.79 Å². The molecule has 0 aliphatic carbocycles. The Morgan fingerprint density at radius 1 is 1.10 bits per heavy atom. The highest BCUT2D eigenvalue weighted by Crippen LogP contribution is 2.27. The molecule has 3 aromatic rings. The Morgan fingerprint density at radius 3 is 2.67 bits per heavy atom. The molecule has 0 saturated carbocycles. The van der Waals surface area contributed by atoms with Crippen molar-refractivity contribution in [2.24, 2.45) is 0 Å². The molecule has 21 heavy (non-hydrogen) atoms. The molecule has 0 atom stereocenters. The Bertz CT molecular complexity index is 906. The van der Waals surface area contributed by atoms with Crippen LogP contribution in [0, 0.1) is 11.3 Å². The van der Waals surface area contributed by atoms with Crippen molar-refractivity contribution in [3.8, 4) is 6.07 Å². The van der Waals surface area contributed by atoms with Crippen LogP contribution in [0.2, 0.25) is 10.0 Å². The van der Waals surface area contributed by atoms with Crippen LogP contribution in [0.4, 0.5) is 0 Å². The van der Waals surface area contributed by atoms with Crippen LogP contribution in [0.1, 0.15) is 21.5 Å². The molecule has 0 amide bonds. The minimum atomic E-state index is -0.210. The van der Waals surface area contributed by atoms with Gasteiger partial charge in [0.2, 0.25) is 0 Å². The van der Waals surface area contributed by atoms with Crippen molar-refractivity contribution in [2.45, 2.75) is 0 Å². The first-order valence-corrected chi connectivity index (χ1v) is 6.87. The normalized spacial score (nSPS) is 10.5. The lowest BCUT2D eigenvalue weighted by Crippen LogP contribution is -2.01. The smallest absolute Gasteiger partial charge is 0.196 e. The van der Waals surface area contributed by atoms with E-state index in [1.54, 1.807) is 42.6 Å². The van der Waals surface area contributed by atoms with E-state index in [1.807, 2.05) is 0 Å². The number of carbonyl (C=O) groups is 1. The van der Waals surface area contributed by atoms with E-state index in [1.165, 1.54) is 0 Å². The van der Waals surface area contributed by atoms with E-state index >= 15 is 0 Å². The Morgan fingerprint density at radius 2 is 1.90 bits per heavy atom. The van der Waals surface area contributed by atoms with Gasteiger partial charge in [0.05, 0.1) is 16.7 Å². The topological polar surface area (TPSA) is 56.6 Å². The first kappa shape index (κ1) is 13.7. The zero-order valence-corrected chi connectivity index (χ0v) is 12.2. The predicted octanol–water partition coefficient (Wildman–Crippen LogP) is 4.58. The molecule has 1 aromatic heterocycles. The monoisotopic (exact) mass is 314 g/mol. The largest absolute Gasteiger partial charge is 0.360 e. The number of H-pyrrole nitrogens is 1. The van der Waals surface area contributed by atoms with Crippen molar-refractivity contribution in [1.82, 2.24) is 4.98 Å². The SMILES string of the molecule is N#Cc1ccc2c(C(=O)c3cc(Cl)ccc3Cl)c[nH]c2c1. The number of ketones is 1. The molecular weight excluding hydrogens is 307 g/mol. The summed E-state index contributed by atoms with van der Waals surface area (Å²) in [7, 11) is 0. The standard InChI is InChI=1S/C16H8Cl2N2O/c17-10-2-4-14(18)12(6-10)16(21)13-8-20-15-5-9(7-19)1-3-11(13)15/h1-6,8,20H. The maximum absolute atomic E-state index is 12.6. The van der Waals surface area contributed by atoms with E-state index in [2.05, 4.69) is 11.1 Å². The molecule has 0 aliphatic rings. The van der Waals surface area contributed by atoms with Crippen LogP contribution in [0.15, 0.2) is 42.6 Å². The summed E-state index contributed by atoms with van der Waals surface area (Å²) in [6, 6.07) is 12.0. The number of hydrogen-bond acceptors (Lipinski definition) is 2. The van der Waals surface area contributed by atoms with Gasteiger partial charge in [0, 0.05) is 33.2 Å². The molecule has 5 heteroatoms. The van der Waals surface area contributed by atoms with Gasteiger partial charge in [-0.05, 0) is 30.3 Å². The van der Waals surface area contributed by atoms with Crippen molar-refractivity contribution in [3.05, 3.63) is 69.3 Å². The highest BCUT2D eigenvalue weighted by molar-refractivity contribution is 6.37. The average Bonchev–Trinajstić information content (AvgIpc) is 2.91. The average molecular weight is 315 g/mol. The molecule has 3 nitrogen and oxygen atoms in total. The Hall–Kier alpha value is -2.28. The zero-order chi connectivity index (χ0) is 15.0. The number of benzene rings is 2. The van der Waals surface area contributed by atoms with Crippen molar-refractivity contribution < 1.29 is 4.79 Å². The van der Waals surface area contributed by atoms with Gasteiger partial charge in [0.25, 0.3) is 0 Å². The number of carbonyl (C=O) groups excluding carboxylic acids is 1. The quantitative estimate of drug-likeness (QED) is 0.704. The molecule has 1 N–H and O–H groups in total.